The van der Waals surface area contributed by atoms with Gasteiger partial charge in [-0.1, -0.05) is 31.2 Å². The number of aromatic amines is 1. The normalized spacial score (nSPS) is 10.9. The number of hydrogen-bond acceptors (Lipinski definition) is 1. The highest BCUT2D eigenvalue weighted by atomic mass is 14.8. The van der Waals surface area contributed by atoms with Gasteiger partial charge >= 0.3 is 0 Å². The SMILES string of the molecule is CCc1c(-c2ccccn2)[nH]c2ccccc12. The highest BCUT2D eigenvalue weighted by Gasteiger charge is 2.11. The maximum absolute atomic E-state index is 4.42. The molecule has 2 heteroatoms. The number of fused-ring (bicyclic) bond motifs is 1. The molecule has 0 unspecified atom stereocenters. The van der Waals surface area contributed by atoms with Gasteiger partial charge in [-0.15, -0.1) is 0 Å². The minimum absolute atomic E-state index is 1.01. The molecule has 1 aromatic carbocycles. The quantitative estimate of drug-likeness (QED) is 0.702. The van der Waals surface area contributed by atoms with Gasteiger partial charge in [-0.05, 0) is 30.2 Å². The molecule has 2 heterocycles. The number of nitrogens with zero attached hydrogens (tertiary/aromatic N) is 1. The second kappa shape index (κ2) is 4.06. The molecule has 0 atom stereocenters. The van der Waals surface area contributed by atoms with Crippen LogP contribution < -0.4 is 0 Å². The van der Waals surface area contributed by atoms with Crippen LogP contribution in [0.3, 0.4) is 0 Å². The van der Waals surface area contributed by atoms with E-state index >= 15 is 0 Å². The Hall–Kier alpha value is -2.09. The summed E-state index contributed by atoms with van der Waals surface area (Å²) in [5.74, 6) is 0. The smallest absolute Gasteiger partial charge is 0.0867 e. The first-order valence-electron chi connectivity index (χ1n) is 5.91. The molecular formula is C15H14N2. The summed E-state index contributed by atoms with van der Waals surface area (Å²) in [4.78, 5) is 7.89. The van der Waals surface area contributed by atoms with Gasteiger partial charge in [0.1, 0.15) is 0 Å². The van der Waals surface area contributed by atoms with Crippen LogP contribution in [-0.4, -0.2) is 9.97 Å². The van der Waals surface area contributed by atoms with E-state index in [2.05, 4.69) is 41.2 Å². The summed E-state index contributed by atoms with van der Waals surface area (Å²) in [6.45, 7) is 2.18. The number of benzene rings is 1. The fraction of sp³-hybridized carbons (Fsp3) is 0.133. The highest BCUT2D eigenvalue weighted by molar-refractivity contribution is 5.90. The summed E-state index contributed by atoms with van der Waals surface area (Å²) in [5, 5.41) is 1.30. The topological polar surface area (TPSA) is 28.7 Å². The maximum atomic E-state index is 4.42. The van der Waals surface area contributed by atoms with Gasteiger partial charge in [-0.3, -0.25) is 4.98 Å². The number of H-pyrrole nitrogens is 1. The second-order valence-corrected chi connectivity index (χ2v) is 4.09. The molecule has 17 heavy (non-hydrogen) atoms. The molecule has 3 rings (SSSR count). The molecular weight excluding hydrogens is 208 g/mol. The number of pyridine rings is 1. The Bertz CT molecular complexity index is 638. The highest BCUT2D eigenvalue weighted by Crippen LogP contribution is 2.29. The Morgan fingerprint density at radius 1 is 1.06 bits per heavy atom. The van der Waals surface area contributed by atoms with E-state index in [-0.39, 0.29) is 0 Å². The molecule has 0 saturated carbocycles. The van der Waals surface area contributed by atoms with Gasteiger partial charge in [0.2, 0.25) is 0 Å². The summed E-state index contributed by atoms with van der Waals surface area (Å²) in [6, 6.07) is 14.4. The molecule has 0 aliphatic rings. The monoisotopic (exact) mass is 222 g/mol. The minimum atomic E-state index is 1.01. The van der Waals surface area contributed by atoms with E-state index in [9.17, 15) is 0 Å². The van der Waals surface area contributed by atoms with Gasteiger partial charge < -0.3 is 4.98 Å². The van der Waals surface area contributed by atoms with Gasteiger partial charge in [0.05, 0.1) is 11.4 Å². The lowest BCUT2D eigenvalue weighted by Gasteiger charge is -2.00. The van der Waals surface area contributed by atoms with E-state index in [0.717, 1.165) is 17.8 Å². The van der Waals surface area contributed by atoms with Gasteiger partial charge in [-0.25, -0.2) is 0 Å². The summed E-state index contributed by atoms with van der Waals surface area (Å²) >= 11 is 0. The van der Waals surface area contributed by atoms with Crippen molar-refractivity contribution >= 4 is 10.9 Å². The summed E-state index contributed by atoms with van der Waals surface area (Å²) in [7, 11) is 0. The van der Waals surface area contributed by atoms with Crippen molar-refractivity contribution in [2.45, 2.75) is 13.3 Å². The summed E-state index contributed by atoms with van der Waals surface area (Å²) in [6.07, 6.45) is 2.84. The number of para-hydroxylation sites is 1. The van der Waals surface area contributed by atoms with Crippen molar-refractivity contribution in [2.75, 3.05) is 0 Å². The molecule has 0 amide bonds. The summed E-state index contributed by atoms with van der Waals surface area (Å²) in [5.41, 5.74) is 4.69. The van der Waals surface area contributed by atoms with Gasteiger partial charge in [0.25, 0.3) is 0 Å². The van der Waals surface area contributed by atoms with Crippen LogP contribution in [0.25, 0.3) is 22.3 Å². The fourth-order valence-electron chi connectivity index (χ4n) is 2.30. The van der Waals surface area contributed by atoms with E-state index in [1.807, 2.05) is 24.4 Å². The molecule has 0 spiro atoms. The lowest BCUT2D eigenvalue weighted by molar-refractivity contribution is 1.15. The first-order chi connectivity index (χ1) is 8.40. The number of nitrogens with one attached hydrogen (secondary N) is 1. The van der Waals surface area contributed by atoms with Gasteiger partial charge in [0.15, 0.2) is 0 Å². The largest absolute Gasteiger partial charge is 0.353 e. The number of aromatic nitrogens is 2. The van der Waals surface area contributed by atoms with Crippen molar-refractivity contribution in [3.8, 4) is 11.4 Å². The zero-order valence-electron chi connectivity index (χ0n) is 9.77. The first kappa shape index (κ1) is 10.1. The van der Waals surface area contributed by atoms with Crippen molar-refractivity contribution in [2.24, 2.45) is 0 Å². The predicted octanol–water partition coefficient (Wildman–Crippen LogP) is 3.79. The van der Waals surface area contributed by atoms with E-state index in [1.165, 1.54) is 16.5 Å². The van der Waals surface area contributed by atoms with Crippen LogP contribution >= 0.6 is 0 Å². The van der Waals surface area contributed by atoms with E-state index in [1.54, 1.807) is 0 Å². The minimum Gasteiger partial charge on any atom is -0.353 e. The maximum Gasteiger partial charge on any atom is 0.0867 e. The zero-order valence-corrected chi connectivity index (χ0v) is 9.77. The molecule has 0 saturated heterocycles. The van der Waals surface area contributed by atoms with Crippen molar-refractivity contribution in [1.29, 1.82) is 0 Å². The molecule has 0 bridgehead atoms. The van der Waals surface area contributed by atoms with Crippen LogP contribution in [0, 0.1) is 0 Å². The molecule has 0 radical (unpaired) electrons. The third kappa shape index (κ3) is 1.62. The lowest BCUT2D eigenvalue weighted by atomic mass is 10.1. The van der Waals surface area contributed by atoms with Gasteiger partial charge in [0, 0.05) is 17.1 Å². The van der Waals surface area contributed by atoms with Crippen LogP contribution in [0.1, 0.15) is 12.5 Å². The number of hydrogen-bond donors (Lipinski definition) is 1. The molecule has 2 aromatic heterocycles. The van der Waals surface area contributed by atoms with E-state index in [4.69, 9.17) is 0 Å². The Morgan fingerprint density at radius 2 is 1.88 bits per heavy atom. The van der Waals surface area contributed by atoms with Crippen LogP contribution in [0.4, 0.5) is 0 Å². The Labute approximate surface area is 100 Å². The Balaban J connectivity index is 2.30. The van der Waals surface area contributed by atoms with E-state index < -0.39 is 0 Å². The molecule has 1 N–H and O–H groups in total. The molecule has 3 aromatic rings. The van der Waals surface area contributed by atoms with Crippen LogP contribution in [0.15, 0.2) is 48.7 Å². The average Bonchev–Trinajstić information content (AvgIpc) is 2.78. The third-order valence-electron chi connectivity index (χ3n) is 3.09. The third-order valence-corrected chi connectivity index (χ3v) is 3.09. The van der Waals surface area contributed by atoms with Gasteiger partial charge in [-0.2, -0.15) is 0 Å². The lowest BCUT2D eigenvalue weighted by Crippen LogP contribution is -1.87. The zero-order chi connectivity index (χ0) is 11.7. The standard InChI is InChI=1S/C15H14N2/c1-2-11-12-7-3-4-8-13(12)17-15(11)14-9-5-6-10-16-14/h3-10,17H,2H2,1H3. The molecule has 84 valence electrons. The Morgan fingerprint density at radius 3 is 2.65 bits per heavy atom. The van der Waals surface area contributed by atoms with Crippen molar-refractivity contribution in [1.82, 2.24) is 9.97 Å². The molecule has 0 aliphatic carbocycles. The second-order valence-electron chi connectivity index (χ2n) is 4.09. The molecule has 2 nitrogen and oxygen atoms in total. The number of rotatable bonds is 2. The molecule has 0 fully saturated rings. The van der Waals surface area contributed by atoms with Crippen molar-refractivity contribution in [3.63, 3.8) is 0 Å². The fourth-order valence-corrected chi connectivity index (χ4v) is 2.30. The van der Waals surface area contributed by atoms with Crippen molar-refractivity contribution in [3.05, 3.63) is 54.2 Å². The Kier molecular flexibility index (Phi) is 2.41. The van der Waals surface area contributed by atoms with E-state index in [0.29, 0.717) is 0 Å². The molecule has 0 aliphatic heterocycles. The summed E-state index contributed by atoms with van der Waals surface area (Å²) < 4.78 is 0. The van der Waals surface area contributed by atoms with Crippen molar-refractivity contribution < 1.29 is 0 Å². The van der Waals surface area contributed by atoms with Crippen LogP contribution in [-0.2, 0) is 6.42 Å². The predicted molar refractivity (Wildman–Crippen MR) is 70.9 cm³/mol. The van der Waals surface area contributed by atoms with Crippen LogP contribution in [0.5, 0.6) is 0 Å². The average molecular weight is 222 g/mol. The first-order valence-corrected chi connectivity index (χ1v) is 5.91. The van der Waals surface area contributed by atoms with Crippen LogP contribution in [0.2, 0.25) is 0 Å². The number of aryl methyl sites for hydroxylation is 1.